The van der Waals surface area contributed by atoms with Gasteiger partial charge in [0.25, 0.3) is 0 Å². The van der Waals surface area contributed by atoms with Gasteiger partial charge in [0.1, 0.15) is 5.75 Å². The highest BCUT2D eigenvalue weighted by Crippen LogP contribution is 2.29. The first-order valence-corrected chi connectivity index (χ1v) is 7.50. The molecule has 0 radical (unpaired) electrons. The van der Waals surface area contributed by atoms with Gasteiger partial charge in [-0.3, -0.25) is 0 Å². The second-order valence-electron chi connectivity index (χ2n) is 5.81. The summed E-state index contributed by atoms with van der Waals surface area (Å²) in [7, 11) is 2.20. The lowest BCUT2D eigenvalue weighted by molar-refractivity contribution is 0.356. The predicted octanol–water partition coefficient (Wildman–Crippen LogP) is 2.45. The minimum absolute atomic E-state index is 0.843. The fraction of sp³-hybridized carbons (Fsp3) is 0.625. The van der Waals surface area contributed by atoms with Crippen molar-refractivity contribution in [3.8, 4) is 5.75 Å². The molecule has 104 valence electrons. The smallest absolute Gasteiger partial charge is 0.122 e. The summed E-state index contributed by atoms with van der Waals surface area (Å²) in [6.07, 6.45) is 5.07. The number of nitrogens with zero attached hydrogens (tertiary/aromatic N) is 1. The molecule has 1 N–H and O–H groups in total. The molecule has 0 bridgehead atoms. The number of ether oxygens (including phenoxy) is 1. The molecular formula is C16H24N2O. The van der Waals surface area contributed by atoms with E-state index >= 15 is 0 Å². The molecule has 2 aliphatic heterocycles. The molecule has 1 unspecified atom stereocenters. The summed E-state index contributed by atoms with van der Waals surface area (Å²) in [5.74, 6) is 1.93. The van der Waals surface area contributed by atoms with Crippen LogP contribution in [0.15, 0.2) is 18.2 Å². The molecule has 0 saturated carbocycles. The fourth-order valence-corrected chi connectivity index (χ4v) is 3.09. The fourth-order valence-electron chi connectivity index (χ4n) is 3.09. The zero-order valence-corrected chi connectivity index (χ0v) is 11.8. The van der Waals surface area contributed by atoms with E-state index in [4.69, 9.17) is 4.74 Å². The van der Waals surface area contributed by atoms with Crippen molar-refractivity contribution >= 4 is 5.69 Å². The van der Waals surface area contributed by atoms with E-state index in [0.29, 0.717) is 0 Å². The molecule has 1 fully saturated rings. The highest BCUT2D eigenvalue weighted by atomic mass is 16.5. The molecule has 2 aliphatic rings. The van der Waals surface area contributed by atoms with Crippen LogP contribution in [-0.4, -0.2) is 33.3 Å². The predicted molar refractivity (Wildman–Crippen MR) is 79.1 cm³/mol. The van der Waals surface area contributed by atoms with E-state index < -0.39 is 0 Å². The van der Waals surface area contributed by atoms with E-state index in [1.54, 1.807) is 0 Å². The van der Waals surface area contributed by atoms with Gasteiger partial charge in [-0.15, -0.1) is 0 Å². The van der Waals surface area contributed by atoms with E-state index in [9.17, 15) is 0 Å². The lowest BCUT2D eigenvalue weighted by atomic mass is 9.96. The number of hydrogen-bond donors (Lipinski definition) is 1. The Morgan fingerprint density at radius 2 is 2.37 bits per heavy atom. The Morgan fingerprint density at radius 1 is 1.42 bits per heavy atom. The van der Waals surface area contributed by atoms with Gasteiger partial charge in [0.2, 0.25) is 0 Å². The average Bonchev–Trinajstić information content (AvgIpc) is 2.93. The van der Waals surface area contributed by atoms with Gasteiger partial charge in [0, 0.05) is 25.7 Å². The summed E-state index contributed by atoms with van der Waals surface area (Å²) in [6, 6.07) is 6.60. The van der Waals surface area contributed by atoms with Crippen LogP contribution in [0, 0.1) is 5.92 Å². The van der Waals surface area contributed by atoms with Gasteiger partial charge >= 0.3 is 0 Å². The van der Waals surface area contributed by atoms with Gasteiger partial charge in [-0.2, -0.15) is 0 Å². The van der Waals surface area contributed by atoms with Crippen molar-refractivity contribution in [2.45, 2.75) is 25.7 Å². The van der Waals surface area contributed by atoms with Crippen LogP contribution < -0.4 is 15.0 Å². The van der Waals surface area contributed by atoms with Crippen LogP contribution in [0.3, 0.4) is 0 Å². The molecule has 0 amide bonds. The van der Waals surface area contributed by atoms with Crippen molar-refractivity contribution in [1.82, 2.24) is 5.32 Å². The molecule has 1 atom stereocenters. The van der Waals surface area contributed by atoms with E-state index in [1.807, 2.05) is 0 Å². The van der Waals surface area contributed by atoms with Gasteiger partial charge < -0.3 is 15.0 Å². The zero-order chi connectivity index (χ0) is 13.1. The highest BCUT2D eigenvalue weighted by molar-refractivity contribution is 5.53. The van der Waals surface area contributed by atoms with Gasteiger partial charge in [-0.25, -0.2) is 0 Å². The quantitative estimate of drug-likeness (QED) is 0.900. The molecule has 0 spiro atoms. The maximum absolute atomic E-state index is 5.56. The standard InChI is InChI=1S/C16H24N2O/c1-18(9-6-13-3-2-8-17-12-13)15-4-5-16-14(11-15)7-10-19-16/h4-5,11,13,17H,2-3,6-10,12H2,1H3. The summed E-state index contributed by atoms with van der Waals surface area (Å²) in [5.41, 5.74) is 2.69. The number of anilines is 1. The zero-order valence-electron chi connectivity index (χ0n) is 11.8. The molecule has 19 heavy (non-hydrogen) atoms. The first-order valence-electron chi connectivity index (χ1n) is 7.50. The summed E-state index contributed by atoms with van der Waals surface area (Å²) < 4.78 is 5.56. The molecule has 0 aliphatic carbocycles. The third-order valence-corrected chi connectivity index (χ3v) is 4.39. The van der Waals surface area contributed by atoms with Crippen LogP contribution in [0.4, 0.5) is 5.69 Å². The van der Waals surface area contributed by atoms with E-state index in [1.165, 1.54) is 43.6 Å². The number of hydrogen-bond acceptors (Lipinski definition) is 3. The van der Waals surface area contributed by atoms with Crippen LogP contribution >= 0.6 is 0 Å². The molecule has 1 aromatic carbocycles. The Hall–Kier alpha value is -1.22. The number of nitrogens with one attached hydrogen (secondary N) is 1. The molecule has 3 rings (SSSR count). The largest absolute Gasteiger partial charge is 0.493 e. The van der Waals surface area contributed by atoms with Crippen LogP contribution in [0.25, 0.3) is 0 Å². The maximum atomic E-state index is 5.56. The van der Waals surface area contributed by atoms with Crippen LogP contribution in [0.2, 0.25) is 0 Å². The third-order valence-electron chi connectivity index (χ3n) is 4.39. The van der Waals surface area contributed by atoms with Gasteiger partial charge in [-0.05, 0) is 62.0 Å². The number of piperidine rings is 1. The first-order chi connectivity index (χ1) is 9.33. The van der Waals surface area contributed by atoms with Gasteiger partial charge in [0.15, 0.2) is 0 Å². The Balaban J connectivity index is 1.56. The summed E-state index contributed by atoms with van der Waals surface area (Å²) in [4.78, 5) is 2.38. The maximum Gasteiger partial charge on any atom is 0.122 e. The lowest BCUT2D eigenvalue weighted by Gasteiger charge is -2.26. The minimum Gasteiger partial charge on any atom is -0.493 e. The van der Waals surface area contributed by atoms with Crippen molar-refractivity contribution in [2.75, 3.05) is 38.2 Å². The van der Waals surface area contributed by atoms with Crippen molar-refractivity contribution in [3.63, 3.8) is 0 Å². The van der Waals surface area contributed by atoms with Crippen LogP contribution in [-0.2, 0) is 6.42 Å². The van der Waals surface area contributed by atoms with Crippen molar-refractivity contribution in [1.29, 1.82) is 0 Å². The average molecular weight is 260 g/mol. The van der Waals surface area contributed by atoms with Crippen LogP contribution in [0.5, 0.6) is 5.75 Å². The molecular weight excluding hydrogens is 236 g/mol. The topological polar surface area (TPSA) is 24.5 Å². The van der Waals surface area contributed by atoms with Crippen molar-refractivity contribution in [2.24, 2.45) is 5.92 Å². The minimum atomic E-state index is 0.843. The second-order valence-corrected chi connectivity index (χ2v) is 5.81. The SMILES string of the molecule is CN(CCC1CCCNC1)c1ccc2c(c1)CCO2. The second kappa shape index (κ2) is 5.83. The first kappa shape index (κ1) is 12.8. The normalized spacial score (nSPS) is 21.8. The molecule has 1 aromatic rings. The molecule has 2 heterocycles. The Bertz CT molecular complexity index is 427. The molecule has 3 nitrogen and oxygen atoms in total. The third kappa shape index (κ3) is 3.03. The summed E-state index contributed by atoms with van der Waals surface area (Å²) >= 11 is 0. The van der Waals surface area contributed by atoms with E-state index in [0.717, 1.165) is 31.2 Å². The summed E-state index contributed by atoms with van der Waals surface area (Å²) in [6.45, 7) is 4.39. The Labute approximate surface area is 115 Å². The number of rotatable bonds is 4. The lowest BCUT2D eigenvalue weighted by Crippen LogP contribution is -2.32. The summed E-state index contributed by atoms with van der Waals surface area (Å²) in [5, 5.41) is 3.50. The van der Waals surface area contributed by atoms with Crippen LogP contribution in [0.1, 0.15) is 24.8 Å². The number of fused-ring (bicyclic) bond motifs is 1. The molecule has 0 aromatic heterocycles. The van der Waals surface area contributed by atoms with E-state index in [2.05, 4.69) is 35.5 Å². The van der Waals surface area contributed by atoms with Crippen molar-refractivity contribution in [3.05, 3.63) is 23.8 Å². The highest BCUT2D eigenvalue weighted by Gasteiger charge is 2.16. The Kier molecular flexibility index (Phi) is 3.92. The van der Waals surface area contributed by atoms with Crippen molar-refractivity contribution < 1.29 is 4.74 Å². The van der Waals surface area contributed by atoms with Gasteiger partial charge in [0.05, 0.1) is 6.61 Å². The van der Waals surface area contributed by atoms with Gasteiger partial charge in [-0.1, -0.05) is 0 Å². The molecule has 3 heteroatoms. The monoisotopic (exact) mass is 260 g/mol. The Morgan fingerprint density at radius 3 is 3.21 bits per heavy atom. The molecule has 1 saturated heterocycles. The van der Waals surface area contributed by atoms with E-state index in [-0.39, 0.29) is 0 Å². The number of benzene rings is 1.